The Morgan fingerprint density at radius 1 is 1.09 bits per heavy atom. The van der Waals surface area contributed by atoms with Gasteiger partial charge in [-0.05, 0) is 60.1 Å². The van der Waals surface area contributed by atoms with Crippen molar-refractivity contribution in [2.45, 2.75) is 65.2 Å². The molecule has 1 saturated heterocycles. The van der Waals surface area contributed by atoms with E-state index in [-0.39, 0.29) is 6.10 Å². The molecule has 1 aromatic rings. The zero-order chi connectivity index (χ0) is 22.3. The summed E-state index contributed by atoms with van der Waals surface area (Å²) < 4.78 is 17.2. The van der Waals surface area contributed by atoms with Crippen molar-refractivity contribution in [3.8, 4) is 11.5 Å². The highest BCUT2D eigenvalue weighted by atomic mass is 16.7. The molecule has 0 amide bonds. The summed E-state index contributed by atoms with van der Waals surface area (Å²) in [7, 11) is 0. The molecule has 6 heteroatoms. The number of fused-ring (bicyclic) bond motifs is 3. The quantitative estimate of drug-likeness (QED) is 0.662. The van der Waals surface area contributed by atoms with E-state index in [9.17, 15) is 5.11 Å². The molecule has 0 unspecified atom stereocenters. The van der Waals surface area contributed by atoms with Gasteiger partial charge in [-0.3, -0.25) is 9.80 Å². The molecular formula is C26H40N2O4. The molecule has 2 saturated carbocycles. The first-order valence-electron chi connectivity index (χ1n) is 12.5. The largest absolute Gasteiger partial charge is 0.454 e. The number of benzene rings is 1. The van der Waals surface area contributed by atoms with Gasteiger partial charge in [-0.2, -0.15) is 0 Å². The molecule has 0 radical (unpaired) electrons. The molecule has 5 rings (SSSR count). The van der Waals surface area contributed by atoms with Gasteiger partial charge in [0.1, 0.15) is 0 Å². The number of aliphatic hydroxyl groups excluding tert-OH is 1. The predicted molar refractivity (Wildman–Crippen MR) is 124 cm³/mol. The van der Waals surface area contributed by atoms with Crippen LogP contribution in [0.2, 0.25) is 0 Å². The van der Waals surface area contributed by atoms with Crippen LogP contribution in [-0.2, 0) is 11.3 Å². The average Bonchev–Trinajstić information content (AvgIpc) is 3.37. The smallest absolute Gasteiger partial charge is 0.231 e. The van der Waals surface area contributed by atoms with E-state index in [0.717, 1.165) is 63.1 Å². The third-order valence-electron chi connectivity index (χ3n) is 9.26. The van der Waals surface area contributed by atoms with E-state index in [1.54, 1.807) is 0 Å². The standard InChI is InChI=1S/C26H40N2O4/c1-25(2)20-6-8-26(25,3)24(15-20)30-13-7-21(29)17-28-11-9-27(10-12-28)16-19-4-5-22-23(14-19)32-18-31-22/h4-5,14,20-21,24,29H,6-13,15-18H2,1-3H3/t20-,21-,24+,26+/m0/s1. The molecule has 32 heavy (non-hydrogen) atoms. The minimum Gasteiger partial charge on any atom is -0.454 e. The van der Waals surface area contributed by atoms with Gasteiger partial charge in [0.15, 0.2) is 11.5 Å². The summed E-state index contributed by atoms with van der Waals surface area (Å²) in [6, 6.07) is 6.22. The van der Waals surface area contributed by atoms with Crippen LogP contribution >= 0.6 is 0 Å². The lowest BCUT2D eigenvalue weighted by Crippen LogP contribution is -2.48. The van der Waals surface area contributed by atoms with Crippen LogP contribution in [0.4, 0.5) is 0 Å². The molecular weight excluding hydrogens is 404 g/mol. The van der Waals surface area contributed by atoms with Crippen LogP contribution in [-0.4, -0.2) is 73.2 Å². The number of aliphatic hydroxyl groups is 1. The SMILES string of the molecule is CC1(C)[C@H]2CC[C@]1(C)[C@H](OCC[C@H](O)CN1CCN(Cc3ccc4c(c3)OCO4)CC1)C2. The van der Waals surface area contributed by atoms with E-state index in [0.29, 0.717) is 30.3 Å². The monoisotopic (exact) mass is 444 g/mol. The lowest BCUT2D eigenvalue weighted by molar-refractivity contribution is -0.0570. The van der Waals surface area contributed by atoms with Crippen LogP contribution in [0.25, 0.3) is 0 Å². The van der Waals surface area contributed by atoms with E-state index in [1.807, 2.05) is 6.07 Å². The lowest BCUT2D eigenvalue weighted by atomic mass is 9.70. The lowest BCUT2D eigenvalue weighted by Gasteiger charge is -2.39. The number of β-amino-alcohol motifs (C(OH)–C–C–N with tert-alkyl or cyclic N) is 1. The highest BCUT2D eigenvalue weighted by Gasteiger charge is 2.61. The second-order valence-electron chi connectivity index (χ2n) is 11.2. The molecule has 3 fully saturated rings. The second-order valence-corrected chi connectivity index (χ2v) is 11.2. The van der Waals surface area contributed by atoms with Gasteiger partial charge in [-0.25, -0.2) is 0 Å². The summed E-state index contributed by atoms with van der Waals surface area (Å²) >= 11 is 0. The molecule has 0 spiro atoms. The molecule has 2 bridgehead atoms. The summed E-state index contributed by atoms with van der Waals surface area (Å²) in [5.41, 5.74) is 1.95. The topological polar surface area (TPSA) is 54.4 Å². The summed E-state index contributed by atoms with van der Waals surface area (Å²) in [5, 5.41) is 10.6. The predicted octanol–water partition coefficient (Wildman–Crippen LogP) is 3.52. The maximum atomic E-state index is 10.6. The van der Waals surface area contributed by atoms with Crippen LogP contribution in [0.3, 0.4) is 0 Å². The summed E-state index contributed by atoms with van der Waals surface area (Å²) in [6.07, 6.45) is 4.62. The Kier molecular flexibility index (Phi) is 6.16. The Morgan fingerprint density at radius 2 is 1.84 bits per heavy atom. The van der Waals surface area contributed by atoms with Crippen LogP contribution in [0.5, 0.6) is 11.5 Å². The number of hydrogen-bond acceptors (Lipinski definition) is 6. The molecule has 2 heterocycles. The van der Waals surface area contributed by atoms with Gasteiger partial charge in [0.2, 0.25) is 6.79 Å². The molecule has 178 valence electrons. The van der Waals surface area contributed by atoms with Crippen molar-refractivity contribution >= 4 is 0 Å². The van der Waals surface area contributed by atoms with E-state index >= 15 is 0 Å². The van der Waals surface area contributed by atoms with Gasteiger partial charge in [0.25, 0.3) is 0 Å². The maximum Gasteiger partial charge on any atom is 0.231 e. The molecule has 4 atom stereocenters. The number of nitrogens with zero attached hydrogens (tertiary/aromatic N) is 2. The minimum atomic E-state index is -0.310. The van der Waals surface area contributed by atoms with Gasteiger partial charge in [0, 0.05) is 45.9 Å². The van der Waals surface area contributed by atoms with Gasteiger partial charge in [-0.15, -0.1) is 0 Å². The second kappa shape index (κ2) is 8.79. The van der Waals surface area contributed by atoms with Crippen molar-refractivity contribution in [2.24, 2.45) is 16.7 Å². The summed E-state index contributed by atoms with van der Waals surface area (Å²) in [5.74, 6) is 2.50. The normalized spacial score (nSPS) is 32.5. The number of hydrogen-bond donors (Lipinski definition) is 1. The Balaban J connectivity index is 1.01. The van der Waals surface area contributed by atoms with Crippen molar-refractivity contribution in [3.63, 3.8) is 0 Å². The highest BCUT2D eigenvalue weighted by molar-refractivity contribution is 5.44. The molecule has 2 aliphatic carbocycles. The van der Waals surface area contributed by atoms with E-state index < -0.39 is 0 Å². The van der Waals surface area contributed by atoms with Crippen LogP contribution in [0.1, 0.15) is 52.0 Å². The Bertz CT molecular complexity index is 807. The number of rotatable bonds is 8. The molecule has 1 aromatic carbocycles. The number of ether oxygens (including phenoxy) is 3. The Morgan fingerprint density at radius 3 is 2.56 bits per heavy atom. The van der Waals surface area contributed by atoms with Crippen molar-refractivity contribution in [3.05, 3.63) is 23.8 Å². The van der Waals surface area contributed by atoms with Gasteiger partial charge in [0.05, 0.1) is 12.2 Å². The van der Waals surface area contributed by atoms with E-state index in [2.05, 4.69) is 42.7 Å². The van der Waals surface area contributed by atoms with Gasteiger partial charge >= 0.3 is 0 Å². The third kappa shape index (κ3) is 4.15. The molecule has 2 aliphatic heterocycles. The third-order valence-corrected chi connectivity index (χ3v) is 9.26. The fourth-order valence-corrected chi connectivity index (χ4v) is 6.55. The fraction of sp³-hybridized carbons (Fsp3) is 0.769. The highest BCUT2D eigenvalue weighted by Crippen LogP contribution is 2.66. The Hall–Kier alpha value is -1.34. The summed E-state index contributed by atoms with van der Waals surface area (Å²) in [6.45, 7) is 14.0. The zero-order valence-electron chi connectivity index (χ0n) is 20.0. The van der Waals surface area contributed by atoms with Crippen LogP contribution in [0, 0.1) is 16.7 Å². The van der Waals surface area contributed by atoms with E-state index in [1.165, 1.54) is 24.8 Å². The average molecular weight is 445 g/mol. The van der Waals surface area contributed by atoms with Gasteiger partial charge in [-0.1, -0.05) is 26.8 Å². The van der Waals surface area contributed by atoms with Crippen molar-refractivity contribution in [2.75, 3.05) is 46.1 Å². The van der Waals surface area contributed by atoms with Crippen molar-refractivity contribution < 1.29 is 19.3 Å². The van der Waals surface area contributed by atoms with Gasteiger partial charge < -0.3 is 19.3 Å². The maximum absolute atomic E-state index is 10.6. The zero-order valence-corrected chi connectivity index (χ0v) is 20.0. The van der Waals surface area contributed by atoms with Crippen LogP contribution < -0.4 is 9.47 Å². The molecule has 6 nitrogen and oxygen atoms in total. The number of piperazine rings is 1. The first-order chi connectivity index (χ1) is 15.3. The van der Waals surface area contributed by atoms with Crippen molar-refractivity contribution in [1.29, 1.82) is 0 Å². The first-order valence-corrected chi connectivity index (χ1v) is 12.5. The minimum absolute atomic E-state index is 0.303. The summed E-state index contributed by atoms with van der Waals surface area (Å²) in [4.78, 5) is 4.86. The van der Waals surface area contributed by atoms with E-state index in [4.69, 9.17) is 14.2 Å². The van der Waals surface area contributed by atoms with Crippen molar-refractivity contribution in [1.82, 2.24) is 9.80 Å². The molecule has 1 N–H and O–H groups in total. The first kappa shape index (κ1) is 22.5. The molecule has 4 aliphatic rings. The molecule has 0 aromatic heterocycles. The Labute approximate surface area is 192 Å². The van der Waals surface area contributed by atoms with Crippen LogP contribution in [0.15, 0.2) is 18.2 Å². The fourth-order valence-electron chi connectivity index (χ4n) is 6.55.